The van der Waals surface area contributed by atoms with E-state index in [2.05, 4.69) is 12.6 Å². The summed E-state index contributed by atoms with van der Waals surface area (Å²) < 4.78 is 10.7. The first kappa shape index (κ1) is 11.9. The van der Waals surface area contributed by atoms with E-state index in [9.17, 15) is 4.79 Å². The van der Waals surface area contributed by atoms with Gasteiger partial charge in [0.25, 0.3) is 0 Å². The van der Waals surface area contributed by atoms with Crippen molar-refractivity contribution >= 4 is 18.6 Å². The number of ether oxygens (including phenoxy) is 2. The highest BCUT2D eigenvalue weighted by molar-refractivity contribution is 7.80. The monoisotopic (exact) mass is 218 g/mol. The quantitative estimate of drug-likeness (QED) is 0.578. The third-order valence-electron chi connectivity index (χ3n) is 2.57. The fourth-order valence-electron chi connectivity index (χ4n) is 1.32. The Labute approximate surface area is 90.6 Å². The lowest BCUT2D eigenvalue weighted by Crippen LogP contribution is -2.39. The van der Waals surface area contributed by atoms with Crippen LogP contribution in [0.25, 0.3) is 0 Å². The number of carbonyl (C=O) groups is 1. The summed E-state index contributed by atoms with van der Waals surface area (Å²) >= 11 is 4.07. The Morgan fingerprint density at radius 2 is 2.14 bits per heavy atom. The van der Waals surface area contributed by atoms with Crippen molar-refractivity contribution in [1.29, 1.82) is 0 Å². The summed E-state index contributed by atoms with van der Waals surface area (Å²) in [5.41, 5.74) is -0.327. The van der Waals surface area contributed by atoms with Gasteiger partial charge in [-0.15, -0.1) is 0 Å². The Balaban J connectivity index is 2.44. The summed E-state index contributed by atoms with van der Waals surface area (Å²) in [5.74, 6) is 0.258. The van der Waals surface area contributed by atoms with Crippen molar-refractivity contribution in [3.05, 3.63) is 0 Å². The van der Waals surface area contributed by atoms with E-state index in [1.807, 2.05) is 13.8 Å². The molecule has 1 saturated heterocycles. The molecule has 1 fully saturated rings. The largest absolute Gasteiger partial charge is 0.459 e. The molecule has 14 heavy (non-hydrogen) atoms. The minimum Gasteiger partial charge on any atom is -0.459 e. The van der Waals surface area contributed by atoms with E-state index >= 15 is 0 Å². The first-order valence-electron chi connectivity index (χ1n) is 4.99. The van der Waals surface area contributed by atoms with Gasteiger partial charge in [0.15, 0.2) is 0 Å². The van der Waals surface area contributed by atoms with Crippen LogP contribution in [0.1, 0.15) is 26.7 Å². The van der Waals surface area contributed by atoms with Crippen molar-refractivity contribution in [2.24, 2.45) is 5.92 Å². The summed E-state index contributed by atoms with van der Waals surface area (Å²) in [6.07, 6.45) is 1.58. The third kappa shape index (κ3) is 3.17. The van der Waals surface area contributed by atoms with Gasteiger partial charge in [-0.2, -0.15) is 12.6 Å². The van der Waals surface area contributed by atoms with Crippen molar-refractivity contribution in [3.8, 4) is 0 Å². The van der Waals surface area contributed by atoms with Crippen molar-refractivity contribution in [2.75, 3.05) is 19.0 Å². The second-order valence-electron chi connectivity index (χ2n) is 4.07. The first-order chi connectivity index (χ1) is 6.57. The molecule has 3 nitrogen and oxygen atoms in total. The van der Waals surface area contributed by atoms with Gasteiger partial charge < -0.3 is 9.47 Å². The van der Waals surface area contributed by atoms with Gasteiger partial charge in [0.2, 0.25) is 0 Å². The van der Waals surface area contributed by atoms with Gasteiger partial charge in [-0.05, 0) is 6.92 Å². The number of rotatable bonds is 3. The van der Waals surface area contributed by atoms with Crippen LogP contribution >= 0.6 is 12.6 Å². The number of thiol groups is 1. The Bertz CT molecular complexity index is 200. The molecule has 0 N–H and O–H groups in total. The van der Waals surface area contributed by atoms with Gasteiger partial charge in [-0.1, -0.05) is 6.92 Å². The lowest BCUT2D eigenvalue weighted by atomic mass is 9.96. The number of hydrogen-bond acceptors (Lipinski definition) is 4. The van der Waals surface area contributed by atoms with Crippen LogP contribution in [0.3, 0.4) is 0 Å². The average Bonchev–Trinajstić information content (AvgIpc) is 2.17. The van der Waals surface area contributed by atoms with Crippen LogP contribution in [0.2, 0.25) is 0 Å². The predicted molar refractivity (Wildman–Crippen MR) is 57.6 cm³/mol. The fourth-order valence-corrected chi connectivity index (χ4v) is 1.47. The Morgan fingerprint density at radius 1 is 1.57 bits per heavy atom. The van der Waals surface area contributed by atoms with Crippen LogP contribution in [-0.2, 0) is 14.3 Å². The first-order valence-corrected chi connectivity index (χ1v) is 5.62. The van der Waals surface area contributed by atoms with E-state index < -0.39 is 0 Å². The Kier molecular flexibility index (Phi) is 4.26. The fraction of sp³-hybridized carbons (Fsp3) is 0.900. The zero-order valence-electron chi connectivity index (χ0n) is 8.78. The van der Waals surface area contributed by atoms with Gasteiger partial charge in [0.1, 0.15) is 5.60 Å². The Morgan fingerprint density at radius 3 is 2.64 bits per heavy atom. The minimum absolute atomic E-state index is 0.127. The predicted octanol–water partition coefficient (Wildman–Crippen LogP) is 1.66. The van der Waals surface area contributed by atoms with E-state index in [1.165, 1.54) is 0 Å². The van der Waals surface area contributed by atoms with E-state index in [-0.39, 0.29) is 17.5 Å². The molecule has 0 aromatic carbocycles. The van der Waals surface area contributed by atoms with Gasteiger partial charge in [-0.3, -0.25) is 4.79 Å². The minimum atomic E-state index is -0.327. The van der Waals surface area contributed by atoms with Gasteiger partial charge in [0.05, 0.1) is 19.1 Å². The van der Waals surface area contributed by atoms with Crippen molar-refractivity contribution in [2.45, 2.75) is 32.3 Å². The van der Waals surface area contributed by atoms with Crippen LogP contribution in [0.5, 0.6) is 0 Å². The number of esters is 1. The zero-order valence-corrected chi connectivity index (χ0v) is 9.68. The van der Waals surface area contributed by atoms with Crippen molar-refractivity contribution in [3.63, 3.8) is 0 Å². The smallest absolute Gasteiger partial charge is 0.310 e. The second-order valence-corrected chi connectivity index (χ2v) is 4.43. The van der Waals surface area contributed by atoms with Crippen LogP contribution in [0, 0.1) is 5.92 Å². The topological polar surface area (TPSA) is 35.5 Å². The highest BCUT2D eigenvalue weighted by Gasteiger charge is 2.32. The summed E-state index contributed by atoms with van der Waals surface area (Å²) in [6, 6.07) is 0. The summed E-state index contributed by atoms with van der Waals surface area (Å²) in [4.78, 5) is 11.5. The SMILES string of the molecule is CC(CS)C(=O)OC1(C)CCOCC1. The highest BCUT2D eigenvalue weighted by atomic mass is 32.1. The zero-order chi connectivity index (χ0) is 10.6. The molecule has 1 aliphatic heterocycles. The van der Waals surface area contributed by atoms with E-state index in [0.717, 1.165) is 12.8 Å². The standard InChI is InChI=1S/C10H18O3S/c1-8(7-14)9(11)13-10(2)3-5-12-6-4-10/h8,14H,3-7H2,1-2H3. The van der Waals surface area contributed by atoms with Crippen LogP contribution in [-0.4, -0.2) is 30.5 Å². The van der Waals surface area contributed by atoms with Gasteiger partial charge in [-0.25, -0.2) is 0 Å². The molecule has 1 heterocycles. The van der Waals surface area contributed by atoms with Gasteiger partial charge in [0, 0.05) is 18.6 Å². The molecular formula is C10H18O3S. The molecule has 0 aromatic rings. The highest BCUT2D eigenvalue weighted by Crippen LogP contribution is 2.25. The number of hydrogen-bond donors (Lipinski definition) is 1. The molecule has 0 amide bonds. The average molecular weight is 218 g/mol. The second kappa shape index (κ2) is 5.03. The molecule has 1 unspecified atom stereocenters. The molecule has 0 aromatic heterocycles. The lowest BCUT2D eigenvalue weighted by molar-refractivity contribution is -0.170. The molecule has 4 heteroatoms. The van der Waals surface area contributed by atoms with Crippen LogP contribution in [0.4, 0.5) is 0 Å². The summed E-state index contributed by atoms with van der Waals surface area (Å²) in [7, 11) is 0. The molecule has 82 valence electrons. The van der Waals surface area contributed by atoms with E-state index in [4.69, 9.17) is 9.47 Å². The van der Waals surface area contributed by atoms with Crippen molar-refractivity contribution in [1.82, 2.24) is 0 Å². The molecule has 1 rings (SSSR count). The van der Waals surface area contributed by atoms with Crippen LogP contribution < -0.4 is 0 Å². The lowest BCUT2D eigenvalue weighted by Gasteiger charge is -2.33. The molecule has 1 atom stereocenters. The van der Waals surface area contributed by atoms with E-state index in [0.29, 0.717) is 19.0 Å². The Hall–Kier alpha value is -0.220. The van der Waals surface area contributed by atoms with Gasteiger partial charge >= 0.3 is 5.97 Å². The molecule has 1 aliphatic rings. The molecule has 0 radical (unpaired) electrons. The molecule has 0 aliphatic carbocycles. The maximum absolute atomic E-state index is 11.5. The molecule has 0 spiro atoms. The molecule has 0 bridgehead atoms. The maximum Gasteiger partial charge on any atom is 0.310 e. The van der Waals surface area contributed by atoms with E-state index in [1.54, 1.807) is 0 Å². The van der Waals surface area contributed by atoms with Crippen molar-refractivity contribution < 1.29 is 14.3 Å². The molecule has 0 saturated carbocycles. The normalized spacial score (nSPS) is 22.8. The third-order valence-corrected chi connectivity index (χ3v) is 3.12. The number of carbonyl (C=O) groups excluding carboxylic acids is 1. The maximum atomic E-state index is 11.5. The summed E-state index contributed by atoms with van der Waals surface area (Å²) in [5, 5.41) is 0. The summed E-state index contributed by atoms with van der Waals surface area (Å²) in [6.45, 7) is 5.16. The van der Waals surface area contributed by atoms with Crippen LogP contribution in [0.15, 0.2) is 0 Å². The molecular weight excluding hydrogens is 200 g/mol.